The van der Waals surface area contributed by atoms with E-state index in [1.54, 1.807) is 0 Å². The molecule has 0 heterocycles. The van der Waals surface area contributed by atoms with Gasteiger partial charge < -0.3 is 0 Å². The van der Waals surface area contributed by atoms with Crippen LogP contribution in [0.3, 0.4) is 0 Å². The van der Waals surface area contributed by atoms with E-state index in [-0.39, 0.29) is 21.7 Å². The SMILES string of the molecule is CC1(C)c2ccccc2-c2cc3c(cc21)-c1ccc(-c2ccc4c5ccc(-c6ccc7c(c6)C(C)(C)c6cc8c(cc6-7)C(C)(C)c6ccccc6-8)cc5c5c6ccccc6c6ccccc6c5c4c2)cc1C3(C)C. The molecular formula is C74H56. The summed E-state index contributed by atoms with van der Waals surface area (Å²) in [5.41, 5.74) is 27.1. The third-order valence-electron chi connectivity index (χ3n) is 19.2. The summed E-state index contributed by atoms with van der Waals surface area (Å²) in [6.45, 7) is 19.3. The predicted octanol–water partition coefficient (Wildman–Crippen LogP) is 20.0. The summed E-state index contributed by atoms with van der Waals surface area (Å²) in [5.74, 6) is 0. The maximum Gasteiger partial charge on any atom is 0.0159 e. The smallest absolute Gasteiger partial charge is 0.0159 e. The average Bonchev–Trinajstić information content (AvgIpc) is 4.09. The fourth-order valence-electron chi connectivity index (χ4n) is 15.2. The molecule has 0 N–H and O–H groups in total. The normalized spacial score (nSPS) is 16.3. The van der Waals surface area contributed by atoms with E-state index in [2.05, 4.69) is 250 Å². The molecule has 0 heteroatoms. The van der Waals surface area contributed by atoms with Crippen LogP contribution in [-0.2, 0) is 21.7 Å². The molecule has 0 aromatic heterocycles. The summed E-state index contributed by atoms with van der Waals surface area (Å²) in [5, 5.41) is 13.0. The summed E-state index contributed by atoms with van der Waals surface area (Å²) in [6.07, 6.45) is 0. The second kappa shape index (κ2) is 14.0. The number of hydrogen-bond donors (Lipinski definition) is 0. The van der Waals surface area contributed by atoms with Crippen LogP contribution in [0.4, 0.5) is 0 Å². The zero-order valence-electron chi connectivity index (χ0n) is 43.5. The van der Waals surface area contributed by atoms with Crippen LogP contribution in [0.15, 0.2) is 194 Å². The van der Waals surface area contributed by atoms with E-state index in [1.165, 1.54) is 165 Å². The summed E-state index contributed by atoms with van der Waals surface area (Å²) in [7, 11) is 0. The Balaban J connectivity index is 0.866. The lowest BCUT2D eigenvalue weighted by molar-refractivity contribution is 0.652. The van der Waals surface area contributed by atoms with Gasteiger partial charge in [-0.3, -0.25) is 0 Å². The molecule has 0 amide bonds. The third-order valence-corrected chi connectivity index (χ3v) is 19.2. The Morgan fingerprint density at radius 2 is 0.459 bits per heavy atom. The quantitative estimate of drug-likeness (QED) is 0.152. The fraction of sp³-hybridized carbons (Fsp3) is 0.162. The van der Waals surface area contributed by atoms with Gasteiger partial charge in [0, 0.05) is 21.7 Å². The molecule has 16 rings (SSSR count). The van der Waals surface area contributed by atoms with Crippen molar-refractivity contribution in [3.63, 3.8) is 0 Å². The Morgan fingerprint density at radius 3 is 0.851 bits per heavy atom. The maximum absolute atomic E-state index is 2.53. The lowest BCUT2D eigenvalue weighted by atomic mass is 9.79. The van der Waals surface area contributed by atoms with Crippen molar-refractivity contribution in [3.8, 4) is 66.8 Å². The second-order valence-corrected chi connectivity index (χ2v) is 24.4. The molecule has 0 spiro atoms. The van der Waals surface area contributed by atoms with Gasteiger partial charge in [-0.1, -0.05) is 201 Å². The van der Waals surface area contributed by atoms with Crippen molar-refractivity contribution in [2.45, 2.75) is 77.0 Å². The minimum atomic E-state index is -0.146. The van der Waals surface area contributed by atoms with Crippen LogP contribution in [0.1, 0.15) is 99.9 Å². The van der Waals surface area contributed by atoms with Gasteiger partial charge in [-0.25, -0.2) is 0 Å². The summed E-state index contributed by atoms with van der Waals surface area (Å²) in [4.78, 5) is 0. The van der Waals surface area contributed by atoms with Crippen LogP contribution >= 0.6 is 0 Å². The largest absolute Gasteiger partial charge is 0.0619 e. The first kappa shape index (κ1) is 42.4. The molecule has 74 heavy (non-hydrogen) atoms. The Labute approximate surface area is 434 Å². The minimum Gasteiger partial charge on any atom is -0.0619 e. The predicted molar refractivity (Wildman–Crippen MR) is 315 cm³/mol. The number of fused-ring (bicyclic) bond motifs is 23. The Bertz CT molecular complexity index is 4290. The van der Waals surface area contributed by atoms with Crippen LogP contribution in [0, 0.1) is 0 Å². The Hall–Kier alpha value is -8.06. The third kappa shape index (κ3) is 5.24. The van der Waals surface area contributed by atoms with Crippen molar-refractivity contribution in [2.24, 2.45) is 0 Å². The van der Waals surface area contributed by atoms with E-state index in [0.717, 1.165) is 0 Å². The second-order valence-electron chi connectivity index (χ2n) is 24.4. The van der Waals surface area contributed by atoms with Crippen molar-refractivity contribution in [1.82, 2.24) is 0 Å². The number of benzene rings is 12. The van der Waals surface area contributed by atoms with Crippen LogP contribution in [0.25, 0.3) is 121 Å². The average molecular weight is 945 g/mol. The molecule has 0 saturated carbocycles. The molecule has 0 saturated heterocycles. The van der Waals surface area contributed by atoms with Crippen molar-refractivity contribution in [2.75, 3.05) is 0 Å². The van der Waals surface area contributed by atoms with Gasteiger partial charge in [0.1, 0.15) is 0 Å². The lowest BCUT2D eigenvalue weighted by Gasteiger charge is -2.24. The van der Waals surface area contributed by atoms with E-state index in [9.17, 15) is 0 Å². The standard InChI is InChI=1S/C74H56/c1-71(2)61-23-15-13-19-49(61)55-37-67-57(39-65(55)71)51-31-27-43(35-63(51)73(67,5)6)41-25-29-47-48-30-26-42(34-60(48)70-54-22-12-10-18-46(54)45-17-9-11-21-53(45)69(70)59(47)33-41)44-28-32-52-58-40-66-56(38-68(58)74(7,8)64(52)36-44)50-20-14-16-24-62(50)72(66,3)4/h9-40H,1-8H3. The Kier molecular flexibility index (Phi) is 8.00. The summed E-state index contributed by atoms with van der Waals surface area (Å²) in [6, 6.07) is 75.6. The van der Waals surface area contributed by atoms with E-state index < -0.39 is 0 Å². The summed E-state index contributed by atoms with van der Waals surface area (Å²) < 4.78 is 0. The summed E-state index contributed by atoms with van der Waals surface area (Å²) >= 11 is 0. The van der Waals surface area contributed by atoms with Gasteiger partial charge in [-0.2, -0.15) is 0 Å². The van der Waals surface area contributed by atoms with Gasteiger partial charge in [0.05, 0.1) is 0 Å². The molecule has 0 unspecified atom stereocenters. The van der Waals surface area contributed by atoms with E-state index in [0.29, 0.717) is 0 Å². The molecule has 0 fully saturated rings. The highest BCUT2D eigenvalue weighted by atomic mass is 14.5. The first-order valence-electron chi connectivity index (χ1n) is 26.8. The molecular weight excluding hydrogens is 889 g/mol. The molecule has 0 bridgehead atoms. The number of rotatable bonds is 2. The van der Waals surface area contributed by atoms with Crippen LogP contribution < -0.4 is 0 Å². The molecule has 12 aromatic rings. The Morgan fingerprint density at radius 1 is 0.189 bits per heavy atom. The van der Waals surface area contributed by atoms with Crippen molar-refractivity contribution >= 4 is 53.9 Å². The van der Waals surface area contributed by atoms with Crippen molar-refractivity contribution in [1.29, 1.82) is 0 Å². The van der Waals surface area contributed by atoms with Crippen LogP contribution in [0.5, 0.6) is 0 Å². The zero-order chi connectivity index (χ0) is 49.9. The molecule has 0 nitrogen and oxygen atoms in total. The highest BCUT2D eigenvalue weighted by Crippen LogP contribution is 2.59. The van der Waals surface area contributed by atoms with Gasteiger partial charge in [0.25, 0.3) is 0 Å². The molecule has 4 aliphatic rings. The molecule has 4 aliphatic carbocycles. The lowest BCUT2D eigenvalue weighted by Crippen LogP contribution is -2.17. The van der Waals surface area contributed by atoms with Gasteiger partial charge >= 0.3 is 0 Å². The van der Waals surface area contributed by atoms with Gasteiger partial charge in [0.2, 0.25) is 0 Å². The van der Waals surface area contributed by atoms with Crippen molar-refractivity contribution in [3.05, 3.63) is 239 Å². The van der Waals surface area contributed by atoms with Gasteiger partial charge in [-0.15, -0.1) is 0 Å². The van der Waals surface area contributed by atoms with Crippen LogP contribution in [-0.4, -0.2) is 0 Å². The molecule has 352 valence electrons. The molecule has 0 aliphatic heterocycles. The monoisotopic (exact) mass is 944 g/mol. The van der Waals surface area contributed by atoms with E-state index >= 15 is 0 Å². The maximum atomic E-state index is 2.53. The molecule has 0 radical (unpaired) electrons. The van der Waals surface area contributed by atoms with E-state index in [1.807, 2.05) is 0 Å². The van der Waals surface area contributed by atoms with Crippen molar-refractivity contribution < 1.29 is 0 Å². The minimum absolute atomic E-state index is 0.0398. The van der Waals surface area contributed by atoms with Crippen LogP contribution in [0.2, 0.25) is 0 Å². The first-order chi connectivity index (χ1) is 35.7. The highest BCUT2D eigenvalue weighted by molar-refractivity contribution is 6.39. The van der Waals surface area contributed by atoms with Gasteiger partial charge in [0.15, 0.2) is 0 Å². The molecule has 12 aromatic carbocycles. The number of hydrogen-bond acceptors (Lipinski definition) is 0. The first-order valence-corrected chi connectivity index (χ1v) is 26.8. The topological polar surface area (TPSA) is 0 Å². The fourth-order valence-corrected chi connectivity index (χ4v) is 15.2. The van der Waals surface area contributed by atoms with Gasteiger partial charge in [-0.05, 0) is 214 Å². The zero-order valence-corrected chi connectivity index (χ0v) is 43.5. The molecule has 0 atom stereocenters. The van der Waals surface area contributed by atoms with E-state index in [4.69, 9.17) is 0 Å². The highest BCUT2D eigenvalue weighted by Gasteiger charge is 2.43.